The molecule has 1 aliphatic carbocycles. The van der Waals surface area contributed by atoms with Gasteiger partial charge >= 0.3 is 142 Å². The van der Waals surface area contributed by atoms with Crippen molar-refractivity contribution in [2.24, 2.45) is 5.92 Å². The Morgan fingerprint density at radius 1 is 0.909 bits per heavy atom. The Hall–Kier alpha value is -0.916. The van der Waals surface area contributed by atoms with Gasteiger partial charge in [0.15, 0.2) is 0 Å². The Balaban J connectivity index is 2.45. The summed E-state index contributed by atoms with van der Waals surface area (Å²) < 4.78 is 9.67. The number of benzene rings is 1. The van der Waals surface area contributed by atoms with Gasteiger partial charge in [-0.1, -0.05) is 0 Å². The molecular formula is C20H28OTi. The Kier molecular flexibility index (Phi) is 5.30. The predicted octanol–water partition coefficient (Wildman–Crippen LogP) is 5.69. The van der Waals surface area contributed by atoms with E-state index in [0.29, 0.717) is 5.92 Å². The molecule has 1 aromatic carbocycles. The summed E-state index contributed by atoms with van der Waals surface area (Å²) >= 11 is -1.89. The molecule has 0 heterocycles. The van der Waals surface area contributed by atoms with Crippen LogP contribution in [0.25, 0.3) is 0 Å². The molecule has 22 heavy (non-hydrogen) atoms. The van der Waals surface area contributed by atoms with Gasteiger partial charge in [0.1, 0.15) is 0 Å². The number of hydrogen-bond donors (Lipinski definition) is 0. The van der Waals surface area contributed by atoms with E-state index >= 15 is 0 Å². The molecular weight excluding hydrogens is 304 g/mol. The molecule has 0 saturated carbocycles. The zero-order chi connectivity index (χ0) is 16.6. The van der Waals surface area contributed by atoms with E-state index in [1.165, 1.54) is 31.7 Å². The van der Waals surface area contributed by atoms with Gasteiger partial charge in [0.25, 0.3) is 0 Å². The van der Waals surface area contributed by atoms with E-state index < -0.39 is 17.8 Å². The van der Waals surface area contributed by atoms with Crippen molar-refractivity contribution in [3.8, 4) is 5.75 Å². The van der Waals surface area contributed by atoms with Gasteiger partial charge in [-0.3, -0.25) is 0 Å². The minimum atomic E-state index is -1.89. The molecule has 0 spiro atoms. The summed E-state index contributed by atoms with van der Waals surface area (Å²) in [4.78, 5) is 0. The van der Waals surface area contributed by atoms with Crippen LogP contribution in [0.3, 0.4) is 0 Å². The van der Waals surface area contributed by atoms with Crippen LogP contribution in [-0.4, -0.2) is 3.81 Å². The van der Waals surface area contributed by atoms with E-state index in [2.05, 4.69) is 73.6 Å². The van der Waals surface area contributed by atoms with Crippen LogP contribution in [0.4, 0.5) is 0 Å². The van der Waals surface area contributed by atoms with Gasteiger partial charge in [-0.25, -0.2) is 0 Å². The van der Waals surface area contributed by atoms with Crippen molar-refractivity contribution in [3.05, 3.63) is 49.9 Å². The Bertz CT molecular complexity index is 680. The van der Waals surface area contributed by atoms with Crippen molar-refractivity contribution in [2.45, 2.75) is 55.4 Å². The van der Waals surface area contributed by atoms with E-state index in [1.807, 2.05) is 0 Å². The third-order valence-corrected chi connectivity index (χ3v) is 8.89. The molecule has 0 amide bonds. The summed E-state index contributed by atoms with van der Waals surface area (Å²) in [5.41, 5.74) is 7.01. The maximum absolute atomic E-state index is 6.60. The van der Waals surface area contributed by atoms with Crippen LogP contribution >= 0.6 is 0 Å². The summed E-state index contributed by atoms with van der Waals surface area (Å²) in [6.45, 7) is 17.9. The summed E-state index contributed by atoms with van der Waals surface area (Å²) in [5, 5.41) is 0. The van der Waals surface area contributed by atoms with Crippen molar-refractivity contribution >= 4 is 3.81 Å². The van der Waals surface area contributed by atoms with Gasteiger partial charge in [-0.05, 0) is 0 Å². The normalized spacial score (nSPS) is 18.1. The van der Waals surface area contributed by atoms with Crippen molar-refractivity contribution in [1.29, 1.82) is 0 Å². The molecule has 0 radical (unpaired) electrons. The Morgan fingerprint density at radius 3 is 1.86 bits per heavy atom. The van der Waals surface area contributed by atoms with Crippen molar-refractivity contribution in [1.82, 2.24) is 0 Å². The predicted molar refractivity (Wildman–Crippen MR) is 93.1 cm³/mol. The molecule has 0 aromatic heterocycles. The van der Waals surface area contributed by atoms with E-state index in [1.54, 1.807) is 3.88 Å². The molecule has 2 heteroatoms. The number of hydrogen-bond acceptors (Lipinski definition) is 1. The fourth-order valence-electron chi connectivity index (χ4n) is 3.27. The fourth-order valence-corrected chi connectivity index (χ4v) is 6.93. The summed E-state index contributed by atoms with van der Waals surface area (Å²) in [7, 11) is 0. The van der Waals surface area contributed by atoms with Gasteiger partial charge in [-0.15, -0.1) is 0 Å². The van der Waals surface area contributed by atoms with Crippen LogP contribution in [0.15, 0.2) is 38.8 Å². The molecule has 0 fully saturated rings. The molecule has 1 aliphatic rings. The molecule has 1 atom stereocenters. The summed E-state index contributed by atoms with van der Waals surface area (Å²) in [6, 6.07) is 6.55. The SMILES string of the molecule is CC1=C(C)C(C)[C]([Ti]([O]c2cc(C)cc(C)c2)=[C](C)C)=C1C. The first-order valence-corrected chi connectivity index (χ1v) is 10.2. The summed E-state index contributed by atoms with van der Waals surface area (Å²) in [5.74, 6) is 1.58. The van der Waals surface area contributed by atoms with Crippen LogP contribution in [0.5, 0.6) is 5.75 Å². The van der Waals surface area contributed by atoms with Gasteiger partial charge in [0, 0.05) is 0 Å². The monoisotopic (exact) mass is 332 g/mol. The maximum atomic E-state index is 6.60. The topological polar surface area (TPSA) is 9.23 Å². The van der Waals surface area contributed by atoms with E-state index in [9.17, 15) is 0 Å². The first-order chi connectivity index (χ1) is 10.2. The molecule has 0 N–H and O–H groups in total. The van der Waals surface area contributed by atoms with Crippen LogP contribution in [0.1, 0.15) is 52.7 Å². The number of aryl methyl sites for hydroxylation is 2. The Morgan fingerprint density at radius 2 is 1.45 bits per heavy atom. The molecule has 118 valence electrons. The molecule has 2 rings (SSSR count). The standard InChI is InChI=1S/C9H13.C8H10O.C3H6.Ti/c1-6-5-7(2)9(4)8(6)3;1-6-3-7(2)5-8(9)4-6;1-3-2;/h6H,1-4H3;3-5,9H,1-2H3;1-2H3;/q;;;+1/p-1. The van der Waals surface area contributed by atoms with E-state index in [0.717, 1.165) is 5.75 Å². The first kappa shape index (κ1) is 17.4. The van der Waals surface area contributed by atoms with Gasteiger partial charge in [0.05, 0.1) is 0 Å². The average Bonchev–Trinajstić information content (AvgIpc) is 2.60. The second-order valence-electron chi connectivity index (χ2n) is 6.82. The number of allylic oxidation sites excluding steroid dienone is 4. The van der Waals surface area contributed by atoms with Crippen molar-refractivity contribution in [3.63, 3.8) is 0 Å². The van der Waals surface area contributed by atoms with E-state index in [4.69, 9.17) is 3.32 Å². The fraction of sp³-hybridized carbons (Fsp3) is 0.450. The molecule has 0 bridgehead atoms. The third-order valence-electron chi connectivity index (χ3n) is 4.75. The zero-order valence-corrected chi connectivity index (χ0v) is 16.8. The Labute approximate surface area is 141 Å². The quantitative estimate of drug-likeness (QED) is 0.646. The molecule has 1 nitrogen and oxygen atoms in total. The van der Waals surface area contributed by atoms with Crippen LogP contribution in [0.2, 0.25) is 0 Å². The molecule has 1 aromatic rings. The van der Waals surface area contributed by atoms with Crippen molar-refractivity contribution in [2.75, 3.05) is 0 Å². The van der Waals surface area contributed by atoms with Gasteiger partial charge in [0.2, 0.25) is 0 Å². The average molecular weight is 332 g/mol. The zero-order valence-electron chi connectivity index (χ0n) is 15.2. The van der Waals surface area contributed by atoms with Crippen LogP contribution in [0, 0.1) is 19.8 Å². The molecule has 1 unspecified atom stereocenters. The first-order valence-electron chi connectivity index (χ1n) is 8.04. The summed E-state index contributed by atoms with van der Waals surface area (Å²) in [6.07, 6.45) is 0. The van der Waals surface area contributed by atoms with E-state index in [-0.39, 0.29) is 0 Å². The third kappa shape index (κ3) is 3.36. The second-order valence-corrected chi connectivity index (χ2v) is 10.6. The second kappa shape index (κ2) is 6.68. The van der Waals surface area contributed by atoms with Crippen LogP contribution < -0.4 is 3.32 Å². The van der Waals surface area contributed by atoms with Gasteiger partial charge < -0.3 is 0 Å². The molecule has 0 saturated heterocycles. The van der Waals surface area contributed by atoms with Gasteiger partial charge in [-0.2, -0.15) is 0 Å². The van der Waals surface area contributed by atoms with Crippen LogP contribution in [-0.2, 0) is 17.8 Å². The minimum absolute atomic E-state index is 0.538. The number of rotatable bonds is 3. The molecule has 0 aliphatic heterocycles. The van der Waals surface area contributed by atoms with Crippen molar-refractivity contribution < 1.29 is 21.1 Å².